The fourth-order valence-electron chi connectivity index (χ4n) is 2.91. The number of aliphatic carboxylic acids is 1. The topological polar surface area (TPSA) is 93.5 Å². The van der Waals surface area contributed by atoms with E-state index in [4.69, 9.17) is 9.84 Å². The van der Waals surface area contributed by atoms with E-state index in [0.717, 1.165) is 24.1 Å². The van der Waals surface area contributed by atoms with Crippen molar-refractivity contribution in [3.05, 3.63) is 47.3 Å². The Morgan fingerprint density at radius 3 is 2.48 bits per heavy atom. The molecule has 0 radical (unpaired) electrons. The number of ether oxygens (including phenoxy) is 1. The highest BCUT2D eigenvalue weighted by atomic mass is 16.5. The van der Waals surface area contributed by atoms with Crippen molar-refractivity contribution in [1.82, 2.24) is 15.1 Å². The average molecular weight is 373 g/mol. The standard InChI is InChI=1S/C20H27N3O4/c1-4-16(5-2)23-14(3)12-18(22-23)20(26)21-11-10-15-6-8-17(9-7-15)27-13-19(24)25/h6-9,12,16H,4-5,10-11,13H2,1-3H3,(H,21,26)(H,24,25). The third-order valence-corrected chi connectivity index (χ3v) is 4.43. The van der Waals surface area contributed by atoms with Gasteiger partial charge in [0.1, 0.15) is 11.4 Å². The summed E-state index contributed by atoms with van der Waals surface area (Å²) in [5, 5.41) is 16.0. The quantitative estimate of drug-likeness (QED) is 0.668. The van der Waals surface area contributed by atoms with Gasteiger partial charge in [-0.05, 0) is 49.9 Å². The van der Waals surface area contributed by atoms with Crippen LogP contribution in [-0.4, -0.2) is 39.9 Å². The second-order valence-corrected chi connectivity index (χ2v) is 6.42. The van der Waals surface area contributed by atoms with Crippen LogP contribution in [0.4, 0.5) is 0 Å². The molecule has 0 atom stereocenters. The van der Waals surface area contributed by atoms with Crippen molar-refractivity contribution in [1.29, 1.82) is 0 Å². The largest absolute Gasteiger partial charge is 0.482 e. The summed E-state index contributed by atoms with van der Waals surface area (Å²) in [5.74, 6) is -0.680. The molecule has 0 unspecified atom stereocenters. The van der Waals surface area contributed by atoms with Gasteiger partial charge in [-0.1, -0.05) is 26.0 Å². The maximum atomic E-state index is 12.3. The number of carboxylic acids is 1. The SMILES string of the molecule is CCC(CC)n1nc(C(=O)NCCc2ccc(OCC(=O)O)cc2)cc1C. The molecule has 0 aliphatic rings. The fourth-order valence-corrected chi connectivity index (χ4v) is 2.91. The molecule has 2 aromatic rings. The highest BCUT2D eigenvalue weighted by Gasteiger charge is 2.16. The van der Waals surface area contributed by atoms with Crippen molar-refractivity contribution in [2.24, 2.45) is 0 Å². The first-order valence-electron chi connectivity index (χ1n) is 9.22. The maximum absolute atomic E-state index is 12.3. The van der Waals surface area contributed by atoms with E-state index in [9.17, 15) is 9.59 Å². The van der Waals surface area contributed by atoms with Crippen molar-refractivity contribution in [3.8, 4) is 5.75 Å². The minimum Gasteiger partial charge on any atom is -0.482 e. The molecule has 0 bridgehead atoms. The first kappa shape index (κ1) is 20.5. The second kappa shape index (κ2) is 9.75. The van der Waals surface area contributed by atoms with Gasteiger partial charge in [0, 0.05) is 12.2 Å². The van der Waals surface area contributed by atoms with Crippen molar-refractivity contribution < 1.29 is 19.4 Å². The summed E-state index contributed by atoms with van der Waals surface area (Å²) in [5.41, 5.74) is 2.46. The first-order valence-corrected chi connectivity index (χ1v) is 9.22. The van der Waals surface area contributed by atoms with E-state index in [1.807, 2.05) is 29.8 Å². The molecule has 0 fully saturated rings. The van der Waals surface area contributed by atoms with Crippen LogP contribution in [0, 0.1) is 6.92 Å². The van der Waals surface area contributed by atoms with Crippen LogP contribution in [0.2, 0.25) is 0 Å². The van der Waals surface area contributed by atoms with Gasteiger partial charge >= 0.3 is 5.97 Å². The molecule has 0 aliphatic carbocycles. The zero-order valence-electron chi connectivity index (χ0n) is 16.1. The molecule has 1 aromatic heterocycles. The molecule has 0 aliphatic heterocycles. The Morgan fingerprint density at radius 2 is 1.89 bits per heavy atom. The van der Waals surface area contributed by atoms with E-state index in [-0.39, 0.29) is 12.5 Å². The molecule has 146 valence electrons. The zero-order chi connectivity index (χ0) is 19.8. The number of aromatic nitrogens is 2. The molecular weight excluding hydrogens is 346 g/mol. The number of rotatable bonds is 10. The van der Waals surface area contributed by atoms with Gasteiger partial charge in [0.15, 0.2) is 6.61 Å². The van der Waals surface area contributed by atoms with E-state index in [2.05, 4.69) is 24.3 Å². The summed E-state index contributed by atoms with van der Waals surface area (Å²) < 4.78 is 7.03. The third-order valence-electron chi connectivity index (χ3n) is 4.43. The van der Waals surface area contributed by atoms with Crippen molar-refractivity contribution in [2.45, 2.75) is 46.1 Å². The van der Waals surface area contributed by atoms with Gasteiger partial charge in [-0.15, -0.1) is 0 Å². The highest BCUT2D eigenvalue weighted by molar-refractivity contribution is 5.92. The Kier molecular flexibility index (Phi) is 7.40. The third kappa shape index (κ3) is 5.84. The summed E-state index contributed by atoms with van der Waals surface area (Å²) in [7, 11) is 0. The molecule has 0 saturated heterocycles. The molecule has 0 spiro atoms. The summed E-state index contributed by atoms with van der Waals surface area (Å²) in [6, 6.07) is 9.29. The van der Waals surface area contributed by atoms with Crippen molar-refractivity contribution in [3.63, 3.8) is 0 Å². The molecule has 1 heterocycles. The van der Waals surface area contributed by atoms with E-state index in [1.165, 1.54) is 0 Å². The number of aryl methyl sites for hydroxylation is 1. The van der Waals surface area contributed by atoms with Crippen LogP contribution in [0.1, 0.15) is 54.5 Å². The van der Waals surface area contributed by atoms with Gasteiger partial charge < -0.3 is 15.2 Å². The number of nitrogens with zero attached hydrogens (tertiary/aromatic N) is 2. The molecule has 7 heteroatoms. The van der Waals surface area contributed by atoms with Gasteiger partial charge in [-0.2, -0.15) is 5.10 Å². The van der Waals surface area contributed by atoms with Crippen LogP contribution >= 0.6 is 0 Å². The van der Waals surface area contributed by atoms with E-state index in [0.29, 0.717) is 30.5 Å². The van der Waals surface area contributed by atoms with E-state index in [1.54, 1.807) is 12.1 Å². The predicted molar refractivity (Wildman–Crippen MR) is 102 cm³/mol. The summed E-state index contributed by atoms with van der Waals surface area (Å²) in [6.45, 7) is 6.33. The highest BCUT2D eigenvalue weighted by Crippen LogP contribution is 2.18. The van der Waals surface area contributed by atoms with Crippen molar-refractivity contribution >= 4 is 11.9 Å². The summed E-state index contributed by atoms with van der Waals surface area (Å²) >= 11 is 0. The van der Waals surface area contributed by atoms with Crippen LogP contribution < -0.4 is 10.1 Å². The van der Waals surface area contributed by atoms with Crippen LogP contribution in [0.15, 0.2) is 30.3 Å². The zero-order valence-corrected chi connectivity index (χ0v) is 16.1. The number of carbonyl (C=O) groups is 2. The number of hydrogen-bond donors (Lipinski definition) is 2. The minimum atomic E-state index is -1.01. The maximum Gasteiger partial charge on any atom is 0.341 e. The summed E-state index contributed by atoms with van der Waals surface area (Å²) in [6.07, 6.45) is 2.62. The van der Waals surface area contributed by atoms with Gasteiger partial charge in [0.25, 0.3) is 5.91 Å². The van der Waals surface area contributed by atoms with Crippen LogP contribution in [-0.2, 0) is 11.2 Å². The molecule has 7 nitrogen and oxygen atoms in total. The second-order valence-electron chi connectivity index (χ2n) is 6.42. The molecule has 2 N–H and O–H groups in total. The lowest BCUT2D eigenvalue weighted by molar-refractivity contribution is -0.139. The Labute approximate surface area is 159 Å². The van der Waals surface area contributed by atoms with Gasteiger partial charge in [-0.25, -0.2) is 4.79 Å². The molecule has 0 saturated carbocycles. The molecule has 27 heavy (non-hydrogen) atoms. The van der Waals surface area contributed by atoms with Gasteiger partial charge in [-0.3, -0.25) is 9.48 Å². The molecule has 2 rings (SSSR count). The van der Waals surface area contributed by atoms with Gasteiger partial charge in [0.2, 0.25) is 0 Å². The van der Waals surface area contributed by atoms with Gasteiger partial charge in [0.05, 0.1) is 6.04 Å². The Bertz CT molecular complexity index is 764. The smallest absolute Gasteiger partial charge is 0.341 e. The molecular formula is C20H27N3O4. The monoisotopic (exact) mass is 373 g/mol. The predicted octanol–water partition coefficient (Wildman–Crippen LogP) is 2.99. The minimum absolute atomic E-state index is 0.177. The van der Waals surface area contributed by atoms with Crippen molar-refractivity contribution in [2.75, 3.05) is 13.2 Å². The summed E-state index contributed by atoms with van der Waals surface area (Å²) in [4.78, 5) is 22.8. The van der Waals surface area contributed by atoms with Crippen LogP contribution in [0.5, 0.6) is 5.75 Å². The van der Waals surface area contributed by atoms with E-state index >= 15 is 0 Å². The lowest BCUT2D eigenvalue weighted by Crippen LogP contribution is -2.26. The Balaban J connectivity index is 1.85. The Morgan fingerprint density at radius 1 is 1.22 bits per heavy atom. The number of amides is 1. The number of carbonyl (C=O) groups excluding carboxylic acids is 1. The average Bonchev–Trinajstić information content (AvgIpc) is 3.04. The number of carboxylic acid groups (broad SMARTS) is 1. The Hall–Kier alpha value is -2.83. The van der Waals surface area contributed by atoms with Crippen LogP contribution in [0.25, 0.3) is 0 Å². The van der Waals surface area contributed by atoms with Crippen LogP contribution in [0.3, 0.4) is 0 Å². The van der Waals surface area contributed by atoms with E-state index < -0.39 is 5.97 Å². The first-order chi connectivity index (χ1) is 12.9. The lowest BCUT2D eigenvalue weighted by Gasteiger charge is -2.14. The molecule has 1 amide bonds. The normalized spacial score (nSPS) is 10.8. The number of benzene rings is 1. The lowest BCUT2D eigenvalue weighted by atomic mass is 10.1. The number of hydrogen-bond acceptors (Lipinski definition) is 4. The number of nitrogens with one attached hydrogen (secondary N) is 1. The molecule has 1 aromatic carbocycles. The fraction of sp³-hybridized carbons (Fsp3) is 0.450.